The monoisotopic (exact) mass is 380 g/mol. The minimum atomic E-state index is -0.552. The van der Waals surface area contributed by atoms with Crippen LogP contribution in [0.1, 0.15) is 18.9 Å². The summed E-state index contributed by atoms with van der Waals surface area (Å²) in [7, 11) is 0. The van der Waals surface area contributed by atoms with Crippen LogP contribution in [0.5, 0.6) is 0 Å². The lowest BCUT2D eigenvalue weighted by Crippen LogP contribution is -2.45. The van der Waals surface area contributed by atoms with E-state index in [0.717, 1.165) is 11.3 Å². The molecule has 1 aliphatic heterocycles. The summed E-state index contributed by atoms with van der Waals surface area (Å²) in [6.45, 7) is 3.60. The first-order valence-corrected chi connectivity index (χ1v) is 9.78. The molecule has 3 N–H and O–H groups in total. The molecule has 6 heteroatoms. The zero-order valence-electron chi connectivity index (χ0n) is 16.2. The molecule has 0 spiro atoms. The molecule has 2 aromatic rings. The molecule has 1 saturated heterocycles. The number of nitrogens with one attached hydrogen (secondary N) is 2. The third kappa shape index (κ3) is 5.57. The summed E-state index contributed by atoms with van der Waals surface area (Å²) >= 11 is 0. The van der Waals surface area contributed by atoms with E-state index in [-0.39, 0.29) is 11.9 Å². The van der Waals surface area contributed by atoms with Crippen molar-refractivity contribution in [3.63, 3.8) is 0 Å². The standard InChI is InChI=1S/C22H28N4O2/c1-2-23-22(24-15-20(27)13-17-9-5-3-6-10-17)25-18-14-21(28)26(16-18)19-11-7-4-8-12-19/h3-12,18,20,27H,2,13-16H2,1H3,(H2,23,24,25). The van der Waals surface area contributed by atoms with Crippen LogP contribution in [-0.2, 0) is 11.2 Å². The van der Waals surface area contributed by atoms with Gasteiger partial charge in [-0.05, 0) is 24.6 Å². The van der Waals surface area contributed by atoms with Gasteiger partial charge < -0.3 is 20.6 Å². The Hall–Kier alpha value is -2.86. The number of benzene rings is 2. The number of amides is 1. The van der Waals surface area contributed by atoms with E-state index in [1.54, 1.807) is 4.90 Å². The smallest absolute Gasteiger partial charge is 0.229 e. The first kappa shape index (κ1) is 19.9. The van der Waals surface area contributed by atoms with Gasteiger partial charge in [0, 0.05) is 31.6 Å². The largest absolute Gasteiger partial charge is 0.391 e. The number of rotatable bonds is 7. The number of nitrogens with zero attached hydrogens (tertiary/aromatic N) is 2. The van der Waals surface area contributed by atoms with Gasteiger partial charge in [-0.25, -0.2) is 0 Å². The predicted octanol–water partition coefficient (Wildman–Crippen LogP) is 1.95. The summed E-state index contributed by atoms with van der Waals surface area (Å²) in [6, 6.07) is 19.6. The van der Waals surface area contributed by atoms with Crippen LogP contribution in [0.3, 0.4) is 0 Å². The third-order valence-electron chi connectivity index (χ3n) is 4.65. The predicted molar refractivity (Wildman–Crippen MR) is 112 cm³/mol. The summed E-state index contributed by atoms with van der Waals surface area (Å²) in [5, 5.41) is 16.8. The third-order valence-corrected chi connectivity index (χ3v) is 4.65. The fourth-order valence-corrected chi connectivity index (χ4v) is 3.32. The quantitative estimate of drug-likeness (QED) is 0.507. The highest BCUT2D eigenvalue weighted by atomic mass is 16.3. The van der Waals surface area contributed by atoms with Crippen molar-refractivity contribution in [1.29, 1.82) is 0 Å². The number of aliphatic imine (C=N–C) groups is 1. The Morgan fingerprint density at radius 1 is 1.18 bits per heavy atom. The van der Waals surface area contributed by atoms with E-state index in [4.69, 9.17) is 0 Å². The Kier molecular flexibility index (Phi) is 7.03. The minimum Gasteiger partial charge on any atom is -0.391 e. The van der Waals surface area contributed by atoms with Gasteiger partial charge in [-0.15, -0.1) is 0 Å². The number of hydrogen-bond donors (Lipinski definition) is 3. The lowest BCUT2D eigenvalue weighted by Gasteiger charge is -2.19. The molecule has 148 valence electrons. The number of aliphatic hydroxyl groups excluding tert-OH is 1. The van der Waals surface area contributed by atoms with E-state index < -0.39 is 6.10 Å². The van der Waals surface area contributed by atoms with Gasteiger partial charge in [0.25, 0.3) is 0 Å². The number of aliphatic hydroxyl groups is 1. The van der Waals surface area contributed by atoms with Crippen molar-refractivity contribution in [1.82, 2.24) is 10.6 Å². The summed E-state index contributed by atoms with van der Waals surface area (Å²) in [5.41, 5.74) is 2.00. The normalized spacial score (nSPS) is 18.2. The molecule has 6 nitrogen and oxygen atoms in total. The van der Waals surface area contributed by atoms with Crippen LogP contribution >= 0.6 is 0 Å². The highest BCUT2D eigenvalue weighted by Gasteiger charge is 2.31. The van der Waals surface area contributed by atoms with Gasteiger partial charge in [0.05, 0.1) is 18.7 Å². The number of carbonyl (C=O) groups excluding carboxylic acids is 1. The zero-order valence-corrected chi connectivity index (χ0v) is 16.2. The molecule has 3 rings (SSSR count). The van der Waals surface area contributed by atoms with Crippen LogP contribution in [0, 0.1) is 0 Å². The molecule has 1 amide bonds. The van der Waals surface area contributed by atoms with E-state index in [1.807, 2.05) is 67.6 Å². The minimum absolute atomic E-state index is 0.0169. The molecular weight excluding hydrogens is 352 g/mol. The van der Waals surface area contributed by atoms with Gasteiger partial charge >= 0.3 is 0 Å². The second-order valence-corrected chi connectivity index (χ2v) is 6.95. The molecule has 1 fully saturated rings. The van der Waals surface area contributed by atoms with Crippen LogP contribution in [0.15, 0.2) is 65.7 Å². The van der Waals surface area contributed by atoms with Gasteiger partial charge in [-0.3, -0.25) is 9.79 Å². The van der Waals surface area contributed by atoms with E-state index in [0.29, 0.717) is 38.4 Å². The molecule has 2 atom stereocenters. The fourth-order valence-electron chi connectivity index (χ4n) is 3.32. The number of carbonyl (C=O) groups is 1. The molecule has 1 heterocycles. The van der Waals surface area contributed by atoms with Crippen molar-refractivity contribution in [2.24, 2.45) is 4.99 Å². The van der Waals surface area contributed by atoms with Crippen LogP contribution in [0.25, 0.3) is 0 Å². The maximum Gasteiger partial charge on any atom is 0.229 e. The second-order valence-electron chi connectivity index (χ2n) is 6.95. The molecular formula is C22H28N4O2. The molecule has 0 saturated carbocycles. The molecule has 0 radical (unpaired) electrons. The highest BCUT2D eigenvalue weighted by molar-refractivity contribution is 5.97. The Labute approximate surface area is 166 Å². The fraction of sp³-hybridized carbons (Fsp3) is 0.364. The molecule has 2 aromatic carbocycles. The Morgan fingerprint density at radius 2 is 1.86 bits per heavy atom. The van der Waals surface area contributed by atoms with Crippen molar-refractivity contribution < 1.29 is 9.90 Å². The molecule has 2 unspecified atom stereocenters. The summed E-state index contributed by atoms with van der Waals surface area (Å²) < 4.78 is 0. The summed E-state index contributed by atoms with van der Waals surface area (Å²) in [6.07, 6.45) is 0.433. The first-order valence-electron chi connectivity index (χ1n) is 9.78. The van der Waals surface area contributed by atoms with Crippen molar-refractivity contribution in [3.05, 3.63) is 66.2 Å². The Morgan fingerprint density at radius 3 is 2.54 bits per heavy atom. The van der Waals surface area contributed by atoms with Crippen molar-refractivity contribution in [2.45, 2.75) is 31.9 Å². The topological polar surface area (TPSA) is 77.0 Å². The Balaban J connectivity index is 1.56. The number of hydrogen-bond acceptors (Lipinski definition) is 3. The van der Waals surface area contributed by atoms with Gasteiger partial charge in [-0.1, -0.05) is 48.5 Å². The van der Waals surface area contributed by atoms with Crippen molar-refractivity contribution >= 4 is 17.6 Å². The summed E-state index contributed by atoms with van der Waals surface area (Å²) in [5.74, 6) is 0.728. The van der Waals surface area contributed by atoms with Crippen LogP contribution in [0.4, 0.5) is 5.69 Å². The lowest BCUT2D eigenvalue weighted by atomic mass is 10.1. The zero-order chi connectivity index (χ0) is 19.8. The first-order chi connectivity index (χ1) is 13.7. The SMILES string of the molecule is CCNC(=NCC(O)Cc1ccccc1)NC1CC(=O)N(c2ccccc2)C1. The summed E-state index contributed by atoms with van der Waals surface area (Å²) in [4.78, 5) is 18.7. The van der Waals surface area contributed by atoms with E-state index >= 15 is 0 Å². The van der Waals surface area contributed by atoms with Crippen LogP contribution in [0.2, 0.25) is 0 Å². The molecule has 0 aromatic heterocycles. The average molecular weight is 380 g/mol. The van der Waals surface area contributed by atoms with E-state index in [2.05, 4.69) is 15.6 Å². The lowest BCUT2D eigenvalue weighted by molar-refractivity contribution is -0.117. The molecule has 1 aliphatic rings. The van der Waals surface area contributed by atoms with Crippen molar-refractivity contribution in [3.8, 4) is 0 Å². The maximum atomic E-state index is 12.4. The van der Waals surface area contributed by atoms with Gasteiger partial charge in [0.15, 0.2) is 5.96 Å². The second kappa shape index (κ2) is 9.90. The van der Waals surface area contributed by atoms with Gasteiger partial charge in [-0.2, -0.15) is 0 Å². The molecule has 0 bridgehead atoms. The van der Waals surface area contributed by atoms with E-state index in [1.165, 1.54) is 0 Å². The molecule has 0 aliphatic carbocycles. The van der Waals surface area contributed by atoms with Crippen LogP contribution in [-0.4, -0.2) is 48.8 Å². The molecule has 28 heavy (non-hydrogen) atoms. The number of para-hydroxylation sites is 1. The van der Waals surface area contributed by atoms with Gasteiger partial charge in [0.1, 0.15) is 0 Å². The highest BCUT2D eigenvalue weighted by Crippen LogP contribution is 2.20. The Bertz CT molecular complexity index is 780. The van der Waals surface area contributed by atoms with E-state index in [9.17, 15) is 9.90 Å². The van der Waals surface area contributed by atoms with Crippen LogP contribution < -0.4 is 15.5 Å². The van der Waals surface area contributed by atoms with Crippen molar-refractivity contribution in [2.75, 3.05) is 24.5 Å². The number of guanidine groups is 1. The average Bonchev–Trinajstić information content (AvgIpc) is 3.08. The maximum absolute atomic E-state index is 12.4. The van der Waals surface area contributed by atoms with Gasteiger partial charge in [0.2, 0.25) is 5.91 Å². The number of anilines is 1.